The van der Waals surface area contributed by atoms with Gasteiger partial charge in [-0.1, -0.05) is 48.5 Å². The molecule has 1 aromatic heterocycles. The summed E-state index contributed by atoms with van der Waals surface area (Å²) in [7, 11) is 0. The number of alkyl carbamates (subject to hydrolysis) is 2. The molecule has 10 nitrogen and oxygen atoms in total. The Labute approximate surface area is 245 Å². The van der Waals surface area contributed by atoms with E-state index in [1.807, 2.05) is 29.2 Å². The van der Waals surface area contributed by atoms with E-state index in [9.17, 15) is 19.5 Å². The van der Waals surface area contributed by atoms with Gasteiger partial charge in [-0.3, -0.25) is 0 Å². The second kappa shape index (κ2) is 12.1. The lowest BCUT2D eigenvalue weighted by Crippen LogP contribution is -2.56. The number of hydrogen-bond donors (Lipinski definition) is 3. The Morgan fingerprint density at radius 3 is 2.24 bits per heavy atom. The van der Waals surface area contributed by atoms with E-state index in [2.05, 4.69) is 39.9 Å². The van der Waals surface area contributed by atoms with Crippen LogP contribution in [0.4, 0.5) is 15.4 Å². The van der Waals surface area contributed by atoms with Crippen molar-refractivity contribution in [3.05, 3.63) is 83.6 Å². The molecular weight excluding hydrogens is 536 g/mol. The number of nitrogens with zero attached hydrogens (tertiary/aromatic N) is 2. The highest BCUT2D eigenvalue weighted by Crippen LogP contribution is 2.44. The summed E-state index contributed by atoms with van der Waals surface area (Å²) in [5.74, 6) is -0.559. The SMILES string of the molecule is CC(C)(C)OC(=O)N[C@@H]1CN(c2ccc(C(=O)O)cn2)CC[C@@H]1CNC(=O)OCC1c2ccccc2-c2ccccc21. The molecule has 5 rings (SSSR count). The number of nitrogens with one attached hydrogen (secondary N) is 2. The van der Waals surface area contributed by atoms with Crippen LogP contribution < -0.4 is 15.5 Å². The number of carboxylic acids is 1. The maximum atomic E-state index is 12.8. The number of aromatic nitrogens is 1. The van der Waals surface area contributed by atoms with Gasteiger partial charge in [0.15, 0.2) is 0 Å². The van der Waals surface area contributed by atoms with Gasteiger partial charge in [0.05, 0.1) is 11.6 Å². The third kappa shape index (κ3) is 6.64. The van der Waals surface area contributed by atoms with Gasteiger partial charge in [-0.25, -0.2) is 19.4 Å². The summed E-state index contributed by atoms with van der Waals surface area (Å²) in [6.45, 7) is 6.93. The van der Waals surface area contributed by atoms with Gasteiger partial charge in [0.2, 0.25) is 0 Å². The summed E-state index contributed by atoms with van der Waals surface area (Å²) >= 11 is 0. The molecule has 0 unspecified atom stereocenters. The number of hydrogen-bond acceptors (Lipinski definition) is 7. The average Bonchev–Trinajstić information content (AvgIpc) is 3.28. The summed E-state index contributed by atoms with van der Waals surface area (Å²) in [5.41, 5.74) is 4.05. The first kappa shape index (κ1) is 28.9. The maximum Gasteiger partial charge on any atom is 0.407 e. The lowest BCUT2D eigenvalue weighted by atomic mass is 9.91. The molecule has 2 atom stereocenters. The van der Waals surface area contributed by atoms with Gasteiger partial charge in [-0.05, 0) is 61.6 Å². The smallest absolute Gasteiger partial charge is 0.407 e. The number of benzene rings is 2. The molecule has 3 N–H and O–H groups in total. The van der Waals surface area contributed by atoms with Crippen LogP contribution in [0, 0.1) is 5.92 Å². The van der Waals surface area contributed by atoms with E-state index >= 15 is 0 Å². The molecule has 0 bridgehead atoms. The third-order valence-corrected chi connectivity index (χ3v) is 7.63. The fourth-order valence-electron chi connectivity index (χ4n) is 5.64. The molecule has 220 valence electrons. The normalized spacial score (nSPS) is 18.0. The quantitative estimate of drug-likeness (QED) is 0.359. The summed E-state index contributed by atoms with van der Waals surface area (Å²) < 4.78 is 11.2. The molecule has 1 aliphatic carbocycles. The maximum absolute atomic E-state index is 12.8. The van der Waals surface area contributed by atoms with Gasteiger partial charge in [-0.2, -0.15) is 0 Å². The second-order valence-corrected chi connectivity index (χ2v) is 11.7. The number of piperidine rings is 1. The molecule has 3 aromatic rings. The van der Waals surface area contributed by atoms with E-state index in [4.69, 9.17) is 9.47 Å². The van der Waals surface area contributed by atoms with E-state index in [-0.39, 0.29) is 30.0 Å². The summed E-state index contributed by atoms with van der Waals surface area (Å²) in [6.07, 6.45) is 0.904. The van der Waals surface area contributed by atoms with Crippen molar-refractivity contribution in [2.24, 2.45) is 5.92 Å². The average molecular weight is 573 g/mol. The number of carbonyl (C=O) groups excluding carboxylic acids is 2. The Kier molecular flexibility index (Phi) is 8.33. The number of fused-ring (bicyclic) bond motifs is 3. The Bertz CT molecular complexity index is 1410. The fraction of sp³-hybridized carbons (Fsp3) is 0.375. The molecule has 2 amide bonds. The van der Waals surface area contributed by atoms with E-state index in [0.29, 0.717) is 31.9 Å². The molecule has 10 heteroatoms. The molecular formula is C32H36N4O6. The van der Waals surface area contributed by atoms with Gasteiger partial charge in [0.1, 0.15) is 18.0 Å². The van der Waals surface area contributed by atoms with Crippen LogP contribution in [0.5, 0.6) is 0 Å². The number of carboxylic acid groups (broad SMARTS) is 1. The molecule has 2 aromatic carbocycles. The van der Waals surface area contributed by atoms with Crippen molar-refractivity contribution in [2.75, 3.05) is 31.1 Å². The molecule has 2 aliphatic rings. The number of rotatable bonds is 7. The molecule has 1 aliphatic heterocycles. The van der Waals surface area contributed by atoms with Crippen molar-refractivity contribution >= 4 is 24.0 Å². The standard InChI is InChI=1S/C32H36N4O6/c1-32(2,3)42-31(40)35-27-18-36(28-13-12-21(17-33-28)29(37)38)15-14-20(27)16-34-30(39)41-19-26-24-10-6-4-8-22(24)23-9-5-7-11-25(23)26/h4-13,17,20,26-27H,14-16,18-19H2,1-3H3,(H,34,39)(H,35,40)(H,37,38)/t20-,27-/m1/s1. The molecule has 0 radical (unpaired) electrons. The Morgan fingerprint density at radius 1 is 0.976 bits per heavy atom. The van der Waals surface area contributed by atoms with Crippen LogP contribution in [0.1, 0.15) is 54.6 Å². The van der Waals surface area contributed by atoms with Crippen molar-refractivity contribution in [3.63, 3.8) is 0 Å². The number of carbonyl (C=O) groups is 3. The molecule has 1 saturated heterocycles. The van der Waals surface area contributed by atoms with Crippen molar-refractivity contribution in [1.29, 1.82) is 0 Å². The number of aromatic carboxylic acids is 1. The summed E-state index contributed by atoms with van der Waals surface area (Å²) in [5, 5.41) is 15.0. The minimum absolute atomic E-state index is 0.0343. The number of amides is 2. The van der Waals surface area contributed by atoms with Crippen molar-refractivity contribution in [2.45, 2.75) is 44.8 Å². The molecule has 0 saturated carbocycles. The number of ether oxygens (including phenoxy) is 2. The first-order valence-corrected chi connectivity index (χ1v) is 14.1. The second-order valence-electron chi connectivity index (χ2n) is 11.7. The Morgan fingerprint density at radius 2 is 1.64 bits per heavy atom. The summed E-state index contributed by atoms with van der Waals surface area (Å²) in [6, 6.07) is 19.2. The monoisotopic (exact) mass is 572 g/mol. The van der Waals surface area contributed by atoms with Gasteiger partial charge in [-0.15, -0.1) is 0 Å². The Balaban J connectivity index is 1.21. The highest BCUT2D eigenvalue weighted by molar-refractivity contribution is 5.87. The predicted molar refractivity (Wildman–Crippen MR) is 158 cm³/mol. The van der Waals surface area contributed by atoms with Crippen LogP contribution in [-0.2, 0) is 9.47 Å². The van der Waals surface area contributed by atoms with Crippen molar-refractivity contribution in [1.82, 2.24) is 15.6 Å². The molecule has 1 fully saturated rings. The third-order valence-electron chi connectivity index (χ3n) is 7.63. The minimum Gasteiger partial charge on any atom is -0.478 e. The molecule has 0 spiro atoms. The van der Waals surface area contributed by atoms with Gasteiger partial charge in [0, 0.05) is 37.7 Å². The number of anilines is 1. The Hall–Kier alpha value is -4.60. The predicted octanol–water partition coefficient (Wildman–Crippen LogP) is 5.04. The lowest BCUT2D eigenvalue weighted by molar-refractivity contribution is 0.0479. The van der Waals surface area contributed by atoms with E-state index in [0.717, 1.165) is 22.3 Å². The van der Waals surface area contributed by atoms with Crippen LogP contribution in [0.3, 0.4) is 0 Å². The largest absolute Gasteiger partial charge is 0.478 e. The topological polar surface area (TPSA) is 130 Å². The highest BCUT2D eigenvalue weighted by atomic mass is 16.6. The minimum atomic E-state index is -1.04. The highest BCUT2D eigenvalue weighted by Gasteiger charge is 2.33. The van der Waals surface area contributed by atoms with Crippen LogP contribution in [0.25, 0.3) is 11.1 Å². The zero-order chi connectivity index (χ0) is 29.9. The summed E-state index contributed by atoms with van der Waals surface area (Å²) in [4.78, 5) is 43.0. The van der Waals surface area contributed by atoms with Crippen LogP contribution >= 0.6 is 0 Å². The van der Waals surface area contributed by atoms with Crippen molar-refractivity contribution in [3.8, 4) is 11.1 Å². The van der Waals surface area contributed by atoms with E-state index in [1.165, 1.54) is 12.3 Å². The zero-order valence-corrected chi connectivity index (χ0v) is 24.0. The lowest BCUT2D eigenvalue weighted by Gasteiger charge is -2.39. The van der Waals surface area contributed by atoms with Crippen LogP contribution in [-0.4, -0.2) is 66.1 Å². The molecule has 42 heavy (non-hydrogen) atoms. The van der Waals surface area contributed by atoms with E-state index in [1.54, 1.807) is 26.8 Å². The van der Waals surface area contributed by atoms with Crippen molar-refractivity contribution < 1.29 is 29.0 Å². The van der Waals surface area contributed by atoms with E-state index < -0.39 is 23.8 Å². The fourth-order valence-corrected chi connectivity index (χ4v) is 5.64. The van der Waals surface area contributed by atoms with Crippen LogP contribution in [0.2, 0.25) is 0 Å². The first-order chi connectivity index (χ1) is 20.1. The molecule has 2 heterocycles. The van der Waals surface area contributed by atoms with Gasteiger partial charge < -0.3 is 30.1 Å². The zero-order valence-electron chi connectivity index (χ0n) is 24.0. The number of pyridine rings is 1. The van der Waals surface area contributed by atoms with Gasteiger partial charge in [0.25, 0.3) is 0 Å². The van der Waals surface area contributed by atoms with Crippen LogP contribution in [0.15, 0.2) is 66.9 Å². The van der Waals surface area contributed by atoms with Gasteiger partial charge >= 0.3 is 18.2 Å². The first-order valence-electron chi connectivity index (χ1n) is 14.1.